The molecule has 2 rings (SSSR count). The van der Waals surface area contributed by atoms with Crippen LogP contribution in [0.25, 0.3) is 0 Å². The normalized spacial score (nSPS) is 18.3. The second-order valence-corrected chi connectivity index (χ2v) is 3.43. The molecule has 0 N–H and O–H groups in total. The average Bonchev–Trinajstić information content (AvgIpc) is 2.50. The second-order valence-electron chi connectivity index (χ2n) is 3.43. The van der Waals surface area contributed by atoms with E-state index in [2.05, 4.69) is 0 Å². The molecule has 4 nitrogen and oxygen atoms in total. The first-order valence-corrected chi connectivity index (χ1v) is 4.28. The van der Waals surface area contributed by atoms with Crippen LogP contribution in [0, 0.1) is 23.7 Å². The lowest BCUT2D eigenvalue weighted by atomic mass is 9.82. The van der Waals surface area contributed by atoms with Gasteiger partial charge in [0.1, 0.15) is 5.76 Å². The molecule has 0 saturated carbocycles. The summed E-state index contributed by atoms with van der Waals surface area (Å²) in [5, 5.41) is 8.88. The van der Waals surface area contributed by atoms with Gasteiger partial charge in [0, 0.05) is 0 Å². The van der Waals surface area contributed by atoms with Crippen molar-refractivity contribution in [3.8, 4) is 6.07 Å². The number of hydrogen-bond acceptors (Lipinski definition) is 4. The molecular weight excluding hydrogens is 182 g/mol. The van der Waals surface area contributed by atoms with Gasteiger partial charge in [0.05, 0.1) is 19.3 Å². The van der Waals surface area contributed by atoms with E-state index in [1.807, 2.05) is 6.07 Å². The van der Waals surface area contributed by atoms with Crippen LogP contribution < -0.4 is 0 Å². The lowest BCUT2D eigenvalue weighted by molar-refractivity contribution is -0.0577. The van der Waals surface area contributed by atoms with Gasteiger partial charge in [-0.2, -0.15) is 5.26 Å². The SMILES string of the molecule is Cc1ccc(C(=O)C2(C#N)COC2)o1. The molecule has 0 aliphatic carbocycles. The van der Waals surface area contributed by atoms with Crippen LogP contribution in [0.5, 0.6) is 0 Å². The summed E-state index contributed by atoms with van der Waals surface area (Å²) in [5.41, 5.74) is -1.01. The van der Waals surface area contributed by atoms with Gasteiger partial charge in [-0.25, -0.2) is 0 Å². The third kappa shape index (κ3) is 1.14. The molecule has 0 spiro atoms. The Hall–Kier alpha value is -1.60. The Morgan fingerprint density at radius 1 is 1.57 bits per heavy atom. The minimum absolute atomic E-state index is 0.169. The predicted molar refractivity (Wildman–Crippen MR) is 46.6 cm³/mol. The summed E-state index contributed by atoms with van der Waals surface area (Å²) in [6, 6.07) is 5.29. The van der Waals surface area contributed by atoms with E-state index in [4.69, 9.17) is 14.4 Å². The van der Waals surface area contributed by atoms with Crippen molar-refractivity contribution in [3.05, 3.63) is 23.7 Å². The summed E-state index contributed by atoms with van der Waals surface area (Å²) in [6.45, 7) is 2.09. The molecule has 0 amide bonds. The third-order valence-electron chi connectivity index (χ3n) is 2.31. The van der Waals surface area contributed by atoms with Gasteiger partial charge in [-0.3, -0.25) is 4.79 Å². The molecule has 72 valence electrons. The molecule has 1 aromatic rings. The summed E-state index contributed by atoms with van der Waals surface area (Å²) in [5.74, 6) is 0.633. The Kier molecular flexibility index (Phi) is 1.90. The van der Waals surface area contributed by atoms with Crippen LogP contribution in [-0.4, -0.2) is 19.0 Å². The van der Waals surface area contributed by atoms with Crippen LogP contribution in [0.15, 0.2) is 16.5 Å². The lowest BCUT2D eigenvalue weighted by Gasteiger charge is -2.32. The Balaban J connectivity index is 2.28. The van der Waals surface area contributed by atoms with E-state index in [-0.39, 0.29) is 24.8 Å². The molecule has 1 aromatic heterocycles. The van der Waals surface area contributed by atoms with Gasteiger partial charge in [-0.15, -0.1) is 0 Å². The number of nitriles is 1. The molecular formula is C10H9NO3. The average molecular weight is 191 g/mol. The van der Waals surface area contributed by atoms with Gasteiger partial charge in [-0.1, -0.05) is 0 Å². The number of carbonyl (C=O) groups excluding carboxylic acids is 1. The number of Topliss-reactive ketones (excluding diaryl/α,β-unsaturated/α-hetero) is 1. The van der Waals surface area contributed by atoms with E-state index < -0.39 is 5.41 Å². The quantitative estimate of drug-likeness (QED) is 0.661. The standard InChI is InChI=1S/C10H9NO3/c1-7-2-3-8(14-7)9(12)10(4-11)5-13-6-10/h2-3H,5-6H2,1H3. The highest BCUT2D eigenvalue weighted by Crippen LogP contribution is 2.31. The van der Waals surface area contributed by atoms with E-state index in [1.54, 1.807) is 19.1 Å². The van der Waals surface area contributed by atoms with Gasteiger partial charge >= 0.3 is 0 Å². The zero-order valence-electron chi connectivity index (χ0n) is 7.74. The molecule has 14 heavy (non-hydrogen) atoms. The number of aryl methyl sites for hydroxylation is 1. The van der Waals surface area contributed by atoms with Gasteiger partial charge in [0.15, 0.2) is 11.2 Å². The minimum Gasteiger partial charge on any atom is -0.458 e. The summed E-state index contributed by atoms with van der Waals surface area (Å²) in [7, 11) is 0. The Bertz CT molecular complexity index is 409. The van der Waals surface area contributed by atoms with Crippen LogP contribution in [-0.2, 0) is 4.74 Å². The number of hydrogen-bond donors (Lipinski definition) is 0. The van der Waals surface area contributed by atoms with Gasteiger partial charge in [0.2, 0.25) is 5.78 Å². The molecule has 1 aliphatic heterocycles. The first-order valence-electron chi connectivity index (χ1n) is 4.28. The van der Waals surface area contributed by atoms with Crippen LogP contribution in [0.2, 0.25) is 0 Å². The highest BCUT2D eigenvalue weighted by atomic mass is 16.5. The number of nitrogens with zero attached hydrogens (tertiary/aromatic N) is 1. The predicted octanol–water partition coefficient (Wildman–Crippen LogP) is 1.31. The van der Waals surface area contributed by atoms with Crippen LogP contribution in [0.4, 0.5) is 0 Å². The molecule has 4 heteroatoms. The zero-order chi connectivity index (χ0) is 10.2. The van der Waals surface area contributed by atoms with Crippen molar-refractivity contribution in [3.63, 3.8) is 0 Å². The third-order valence-corrected chi connectivity index (χ3v) is 2.31. The van der Waals surface area contributed by atoms with Crippen molar-refractivity contribution in [2.75, 3.05) is 13.2 Å². The van der Waals surface area contributed by atoms with Gasteiger partial charge in [-0.05, 0) is 19.1 Å². The maximum Gasteiger partial charge on any atom is 0.222 e. The number of ether oxygens (including phenoxy) is 1. The fourth-order valence-electron chi connectivity index (χ4n) is 1.34. The number of carbonyl (C=O) groups is 1. The monoisotopic (exact) mass is 191 g/mol. The van der Waals surface area contributed by atoms with Crippen LogP contribution in [0.3, 0.4) is 0 Å². The van der Waals surface area contributed by atoms with Gasteiger partial charge < -0.3 is 9.15 Å². The molecule has 0 unspecified atom stereocenters. The van der Waals surface area contributed by atoms with Crippen molar-refractivity contribution in [1.29, 1.82) is 5.26 Å². The Labute approximate surface area is 81.1 Å². The molecule has 2 heterocycles. The van der Waals surface area contributed by atoms with E-state index in [1.165, 1.54) is 0 Å². The van der Waals surface area contributed by atoms with Crippen LogP contribution in [0.1, 0.15) is 16.3 Å². The Morgan fingerprint density at radius 2 is 2.29 bits per heavy atom. The molecule has 0 aromatic carbocycles. The highest BCUT2D eigenvalue weighted by Gasteiger charge is 2.48. The topological polar surface area (TPSA) is 63.2 Å². The van der Waals surface area contributed by atoms with E-state index in [0.29, 0.717) is 5.76 Å². The summed E-state index contributed by atoms with van der Waals surface area (Å²) < 4.78 is 10.1. The second kappa shape index (κ2) is 2.96. The molecule has 1 aliphatic rings. The number of furan rings is 1. The first kappa shape index (κ1) is 8.97. The summed E-state index contributed by atoms with van der Waals surface area (Å²) >= 11 is 0. The first-order chi connectivity index (χ1) is 6.68. The van der Waals surface area contributed by atoms with E-state index in [9.17, 15) is 4.79 Å². The molecule has 1 saturated heterocycles. The number of rotatable bonds is 2. The smallest absolute Gasteiger partial charge is 0.222 e. The molecule has 0 radical (unpaired) electrons. The van der Waals surface area contributed by atoms with E-state index >= 15 is 0 Å². The number of ketones is 1. The molecule has 0 atom stereocenters. The summed E-state index contributed by atoms with van der Waals surface area (Å²) in [6.07, 6.45) is 0. The van der Waals surface area contributed by atoms with Crippen molar-refractivity contribution < 1.29 is 13.9 Å². The fourth-order valence-corrected chi connectivity index (χ4v) is 1.34. The maximum absolute atomic E-state index is 11.8. The van der Waals surface area contributed by atoms with Crippen molar-refractivity contribution in [2.24, 2.45) is 5.41 Å². The van der Waals surface area contributed by atoms with Crippen molar-refractivity contribution >= 4 is 5.78 Å². The highest BCUT2D eigenvalue weighted by molar-refractivity contribution is 6.00. The van der Waals surface area contributed by atoms with E-state index in [0.717, 1.165) is 0 Å². The lowest BCUT2D eigenvalue weighted by Crippen LogP contribution is -2.47. The molecule has 1 fully saturated rings. The maximum atomic E-state index is 11.8. The summed E-state index contributed by atoms with van der Waals surface area (Å²) in [4.78, 5) is 11.8. The zero-order valence-corrected chi connectivity index (χ0v) is 7.74. The van der Waals surface area contributed by atoms with Crippen molar-refractivity contribution in [1.82, 2.24) is 0 Å². The molecule has 0 bridgehead atoms. The van der Waals surface area contributed by atoms with Gasteiger partial charge in [0.25, 0.3) is 0 Å². The largest absolute Gasteiger partial charge is 0.458 e. The van der Waals surface area contributed by atoms with Crippen LogP contribution >= 0.6 is 0 Å². The minimum atomic E-state index is -1.01. The fraction of sp³-hybridized carbons (Fsp3) is 0.400. The Morgan fingerprint density at radius 3 is 2.64 bits per heavy atom. The van der Waals surface area contributed by atoms with Crippen molar-refractivity contribution in [2.45, 2.75) is 6.92 Å².